The third kappa shape index (κ3) is 2.53. The van der Waals surface area contributed by atoms with E-state index < -0.39 is 5.97 Å². The molecule has 0 aromatic heterocycles. The molecule has 0 spiro atoms. The predicted molar refractivity (Wildman–Crippen MR) is 39.4 cm³/mol. The average Bonchev–Trinajstić information content (AvgIpc) is 1.87. The van der Waals surface area contributed by atoms with Gasteiger partial charge in [-0.25, -0.2) is 4.79 Å². The SMILES string of the molecule is CCC/C(N)=C(\C)C(=O)O. The number of carboxylic acids is 1. The van der Waals surface area contributed by atoms with E-state index in [2.05, 4.69) is 0 Å². The Morgan fingerprint density at radius 1 is 1.60 bits per heavy atom. The van der Waals surface area contributed by atoms with Gasteiger partial charge in [0, 0.05) is 5.70 Å². The summed E-state index contributed by atoms with van der Waals surface area (Å²) in [7, 11) is 0. The minimum absolute atomic E-state index is 0.266. The van der Waals surface area contributed by atoms with Crippen LogP contribution in [0.5, 0.6) is 0 Å². The second kappa shape index (κ2) is 3.93. The van der Waals surface area contributed by atoms with Crippen LogP contribution in [0, 0.1) is 0 Å². The molecule has 0 amide bonds. The summed E-state index contributed by atoms with van der Waals surface area (Å²) in [4.78, 5) is 10.3. The fraction of sp³-hybridized carbons (Fsp3) is 0.571. The predicted octanol–water partition coefficient (Wildman–Crippen LogP) is 1.10. The van der Waals surface area contributed by atoms with Crippen LogP contribution in [-0.4, -0.2) is 11.1 Å². The quantitative estimate of drug-likeness (QED) is 0.581. The van der Waals surface area contributed by atoms with E-state index in [1.165, 1.54) is 6.92 Å². The Kier molecular flexibility index (Phi) is 3.54. The van der Waals surface area contributed by atoms with Crippen LogP contribution in [0.25, 0.3) is 0 Å². The van der Waals surface area contributed by atoms with Gasteiger partial charge in [-0.1, -0.05) is 13.3 Å². The van der Waals surface area contributed by atoms with Crippen LogP contribution in [0.15, 0.2) is 11.3 Å². The van der Waals surface area contributed by atoms with Gasteiger partial charge in [0.1, 0.15) is 0 Å². The summed E-state index contributed by atoms with van der Waals surface area (Å²) < 4.78 is 0. The van der Waals surface area contributed by atoms with Gasteiger partial charge in [0.2, 0.25) is 0 Å². The van der Waals surface area contributed by atoms with E-state index in [1.54, 1.807) is 0 Å². The molecule has 0 saturated carbocycles. The maximum absolute atomic E-state index is 10.3. The minimum atomic E-state index is -0.925. The fourth-order valence-electron chi connectivity index (χ4n) is 0.594. The van der Waals surface area contributed by atoms with Crippen molar-refractivity contribution >= 4 is 5.97 Å². The van der Waals surface area contributed by atoms with Gasteiger partial charge in [0.05, 0.1) is 5.57 Å². The zero-order valence-corrected chi connectivity index (χ0v) is 6.35. The Bertz CT molecular complexity index is 161. The number of carboxylic acid groups (broad SMARTS) is 1. The minimum Gasteiger partial charge on any atom is -0.478 e. The van der Waals surface area contributed by atoms with Crippen molar-refractivity contribution in [3.8, 4) is 0 Å². The van der Waals surface area contributed by atoms with Crippen molar-refractivity contribution in [3.05, 3.63) is 11.3 Å². The monoisotopic (exact) mass is 143 g/mol. The van der Waals surface area contributed by atoms with Gasteiger partial charge < -0.3 is 10.8 Å². The molecule has 0 aliphatic heterocycles. The number of hydrogen-bond donors (Lipinski definition) is 2. The molecule has 0 bridgehead atoms. The first-order chi connectivity index (χ1) is 4.59. The molecule has 0 unspecified atom stereocenters. The van der Waals surface area contributed by atoms with Crippen molar-refractivity contribution in [1.29, 1.82) is 0 Å². The maximum atomic E-state index is 10.3. The molecule has 3 N–H and O–H groups in total. The van der Waals surface area contributed by atoms with Gasteiger partial charge in [-0.3, -0.25) is 0 Å². The zero-order valence-electron chi connectivity index (χ0n) is 6.35. The molecule has 0 aliphatic rings. The molecule has 0 aromatic rings. The first-order valence-electron chi connectivity index (χ1n) is 3.28. The highest BCUT2D eigenvalue weighted by atomic mass is 16.4. The van der Waals surface area contributed by atoms with Crippen LogP contribution in [0.1, 0.15) is 26.7 Å². The van der Waals surface area contributed by atoms with Crippen LogP contribution in [-0.2, 0) is 4.79 Å². The first kappa shape index (κ1) is 9.01. The topological polar surface area (TPSA) is 63.3 Å². The molecule has 0 rings (SSSR count). The van der Waals surface area contributed by atoms with Gasteiger partial charge in [-0.2, -0.15) is 0 Å². The smallest absolute Gasteiger partial charge is 0.333 e. The average molecular weight is 143 g/mol. The van der Waals surface area contributed by atoms with Gasteiger partial charge in [-0.15, -0.1) is 0 Å². The van der Waals surface area contributed by atoms with E-state index in [1.807, 2.05) is 6.92 Å². The molecule has 3 heteroatoms. The van der Waals surface area contributed by atoms with Crippen LogP contribution in [0.4, 0.5) is 0 Å². The zero-order chi connectivity index (χ0) is 8.15. The molecule has 0 aromatic carbocycles. The lowest BCUT2D eigenvalue weighted by molar-refractivity contribution is -0.132. The number of rotatable bonds is 3. The Hall–Kier alpha value is -0.990. The molecule has 0 atom stereocenters. The van der Waals surface area contributed by atoms with Crippen LogP contribution >= 0.6 is 0 Å². The summed E-state index contributed by atoms with van der Waals surface area (Å²) in [6.45, 7) is 3.48. The fourth-order valence-corrected chi connectivity index (χ4v) is 0.594. The highest BCUT2D eigenvalue weighted by Crippen LogP contribution is 2.04. The van der Waals surface area contributed by atoms with E-state index in [0.29, 0.717) is 12.1 Å². The normalized spacial score (nSPS) is 12.6. The first-order valence-corrected chi connectivity index (χ1v) is 3.28. The van der Waals surface area contributed by atoms with E-state index in [0.717, 1.165) is 6.42 Å². The molecule has 0 aliphatic carbocycles. The van der Waals surface area contributed by atoms with E-state index >= 15 is 0 Å². The number of hydrogen-bond acceptors (Lipinski definition) is 2. The van der Waals surface area contributed by atoms with E-state index in [9.17, 15) is 4.79 Å². The molecule has 0 saturated heterocycles. The molecular formula is C7H13NO2. The Labute approximate surface area is 60.5 Å². The Morgan fingerprint density at radius 3 is 2.40 bits per heavy atom. The van der Waals surface area contributed by atoms with Gasteiger partial charge in [-0.05, 0) is 13.3 Å². The number of carbonyl (C=O) groups is 1. The Balaban J connectivity index is 4.19. The lowest BCUT2D eigenvalue weighted by atomic mass is 10.1. The molecule has 3 nitrogen and oxygen atoms in total. The van der Waals surface area contributed by atoms with Crippen LogP contribution in [0.3, 0.4) is 0 Å². The van der Waals surface area contributed by atoms with Crippen molar-refractivity contribution < 1.29 is 9.90 Å². The summed E-state index contributed by atoms with van der Waals surface area (Å²) in [5, 5.41) is 8.44. The highest BCUT2D eigenvalue weighted by molar-refractivity contribution is 5.86. The van der Waals surface area contributed by atoms with Crippen molar-refractivity contribution in [2.24, 2.45) is 5.73 Å². The molecule has 0 fully saturated rings. The van der Waals surface area contributed by atoms with Gasteiger partial charge in [0.25, 0.3) is 0 Å². The summed E-state index contributed by atoms with van der Waals surface area (Å²) >= 11 is 0. The van der Waals surface area contributed by atoms with Crippen LogP contribution < -0.4 is 5.73 Å². The van der Waals surface area contributed by atoms with Crippen molar-refractivity contribution in [3.63, 3.8) is 0 Å². The number of allylic oxidation sites excluding steroid dienone is 1. The van der Waals surface area contributed by atoms with Gasteiger partial charge in [0.15, 0.2) is 0 Å². The lowest BCUT2D eigenvalue weighted by Crippen LogP contribution is -2.07. The van der Waals surface area contributed by atoms with Gasteiger partial charge >= 0.3 is 5.97 Å². The molecule has 10 heavy (non-hydrogen) atoms. The standard InChI is InChI=1S/C7H13NO2/c1-3-4-6(8)5(2)7(9)10/h3-4,8H2,1-2H3,(H,9,10)/b6-5-. The molecule has 0 heterocycles. The number of aliphatic carboxylic acids is 1. The summed E-state index contributed by atoms with van der Waals surface area (Å²) in [6.07, 6.45) is 1.55. The van der Waals surface area contributed by atoms with Crippen molar-refractivity contribution in [1.82, 2.24) is 0 Å². The largest absolute Gasteiger partial charge is 0.478 e. The highest BCUT2D eigenvalue weighted by Gasteiger charge is 2.03. The van der Waals surface area contributed by atoms with Crippen LogP contribution in [0.2, 0.25) is 0 Å². The summed E-state index contributed by atoms with van der Waals surface area (Å²) in [5.41, 5.74) is 6.17. The molecular weight excluding hydrogens is 130 g/mol. The number of nitrogens with two attached hydrogens (primary N) is 1. The Morgan fingerprint density at radius 2 is 2.10 bits per heavy atom. The second-order valence-corrected chi connectivity index (χ2v) is 2.21. The lowest BCUT2D eigenvalue weighted by Gasteiger charge is -2.00. The van der Waals surface area contributed by atoms with E-state index in [-0.39, 0.29) is 5.57 Å². The van der Waals surface area contributed by atoms with Crippen molar-refractivity contribution in [2.75, 3.05) is 0 Å². The summed E-state index contributed by atoms with van der Waals surface area (Å²) in [5.74, 6) is -0.925. The maximum Gasteiger partial charge on any atom is 0.333 e. The van der Waals surface area contributed by atoms with Crippen molar-refractivity contribution in [2.45, 2.75) is 26.7 Å². The summed E-state index contributed by atoms with van der Waals surface area (Å²) in [6, 6.07) is 0. The molecule has 0 radical (unpaired) electrons. The third-order valence-electron chi connectivity index (χ3n) is 1.32. The third-order valence-corrected chi connectivity index (χ3v) is 1.32. The van der Waals surface area contributed by atoms with E-state index in [4.69, 9.17) is 10.8 Å². The molecule has 58 valence electrons. The second-order valence-electron chi connectivity index (χ2n) is 2.21.